The second-order valence-electron chi connectivity index (χ2n) is 11.4. The topological polar surface area (TPSA) is 97.4 Å². The number of hydrogen-bond donors (Lipinski definition) is 1. The lowest BCUT2D eigenvalue weighted by Gasteiger charge is -2.30. The maximum absolute atomic E-state index is 14.1. The normalized spacial score (nSPS) is 16.0. The number of benzene rings is 3. The van der Waals surface area contributed by atoms with Gasteiger partial charge in [-0.05, 0) is 74.9 Å². The van der Waals surface area contributed by atoms with Crippen molar-refractivity contribution < 1.29 is 41.8 Å². The number of methoxy groups -OCH3 is 1. The number of hydrogen-bond acceptors (Lipinski definition) is 6. The van der Waals surface area contributed by atoms with E-state index >= 15 is 0 Å². The number of amides is 3. The molecule has 0 unspecified atom stereocenters. The van der Waals surface area contributed by atoms with Gasteiger partial charge in [0.25, 0.3) is 5.91 Å². The Bertz CT molecular complexity index is 1590. The van der Waals surface area contributed by atoms with Gasteiger partial charge in [-0.15, -0.1) is 0 Å². The number of carbonyl (C=O) groups excluding carboxylic acids is 3. The third-order valence-electron chi connectivity index (χ3n) is 7.09. The Morgan fingerprint density at radius 1 is 1.14 bits per heavy atom. The number of halogens is 4. The Morgan fingerprint density at radius 2 is 1.84 bits per heavy atom. The minimum atomic E-state index is -4.69. The molecule has 0 fully saturated rings. The maximum Gasteiger partial charge on any atom is 0.416 e. The molecule has 1 N–H and O–H groups in total. The van der Waals surface area contributed by atoms with Crippen LogP contribution in [0, 0.1) is 0 Å². The molecule has 13 heteroatoms. The van der Waals surface area contributed by atoms with Crippen molar-refractivity contribution in [3.63, 3.8) is 0 Å². The number of anilines is 1. The van der Waals surface area contributed by atoms with E-state index in [-0.39, 0.29) is 24.6 Å². The first kappa shape index (κ1) is 32.9. The predicted octanol–water partition coefficient (Wildman–Crippen LogP) is 6.30. The van der Waals surface area contributed by atoms with Crippen molar-refractivity contribution in [2.24, 2.45) is 0 Å². The largest absolute Gasteiger partial charge is 0.496 e. The Morgan fingerprint density at radius 3 is 2.48 bits per heavy atom. The van der Waals surface area contributed by atoms with Gasteiger partial charge in [-0.2, -0.15) is 13.2 Å². The Balaban J connectivity index is 1.73. The third-order valence-corrected chi connectivity index (χ3v) is 7.58. The summed E-state index contributed by atoms with van der Waals surface area (Å²) in [5.41, 5.74) is -1.34. The summed E-state index contributed by atoms with van der Waals surface area (Å²) < 4.78 is 58.9. The Kier molecular flexibility index (Phi) is 9.38. The van der Waals surface area contributed by atoms with Crippen LogP contribution >= 0.6 is 15.9 Å². The van der Waals surface area contributed by atoms with E-state index in [2.05, 4.69) is 21.2 Å². The van der Waals surface area contributed by atoms with Crippen LogP contribution in [0.15, 0.2) is 53.0 Å². The van der Waals surface area contributed by atoms with Gasteiger partial charge in [-0.25, -0.2) is 4.79 Å². The zero-order valence-electron chi connectivity index (χ0n) is 25.0. The van der Waals surface area contributed by atoms with E-state index in [0.29, 0.717) is 16.7 Å². The van der Waals surface area contributed by atoms with Crippen LogP contribution in [0.2, 0.25) is 0 Å². The van der Waals surface area contributed by atoms with Gasteiger partial charge >= 0.3 is 12.3 Å². The van der Waals surface area contributed by atoms with Crippen molar-refractivity contribution in [3.8, 4) is 11.5 Å². The molecule has 3 aromatic carbocycles. The van der Waals surface area contributed by atoms with Crippen LogP contribution in [-0.4, -0.2) is 61.3 Å². The van der Waals surface area contributed by atoms with Gasteiger partial charge in [0.2, 0.25) is 5.91 Å². The zero-order chi connectivity index (χ0) is 32.6. The van der Waals surface area contributed by atoms with E-state index in [9.17, 15) is 27.6 Å². The van der Waals surface area contributed by atoms with Gasteiger partial charge in [0, 0.05) is 17.1 Å². The molecular formula is C31H33BrF3N3O6. The number of fused-ring (bicyclic) bond motifs is 2. The lowest BCUT2D eigenvalue weighted by molar-refractivity contribution is -0.137. The summed E-state index contributed by atoms with van der Waals surface area (Å²) in [4.78, 5) is 42.1. The highest BCUT2D eigenvalue weighted by Crippen LogP contribution is 2.40. The van der Waals surface area contributed by atoms with E-state index in [0.717, 1.165) is 37.9 Å². The number of ether oxygens (including phenoxy) is 3. The van der Waals surface area contributed by atoms with Gasteiger partial charge < -0.3 is 24.4 Å². The van der Waals surface area contributed by atoms with E-state index in [4.69, 9.17) is 14.2 Å². The lowest BCUT2D eigenvalue weighted by atomic mass is 10.0. The summed E-state index contributed by atoms with van der Waals surface area (Å²) in [6.45, 7) is 5.96. The van der Waals surface area contributed by atoms with E-state index in [1.807, 2.05) is 18.2 Å². The SMILES string of the molecule is COc1ccc2cc(Br)ccc2c1CN1C(=O)[C@@H](NC(=O)[C@H](C)N(C)C(=O)OC(C)(C)C)COc2ccc(C(F)(F)F)cc21. The van der Waals surface area contributed by atoms with Crippen LogP contribution in [0.25, 0.3) is 10.8 Å². The number of alkyl halides is 3. The summed E-state index contributed by atoms with van der Waals surface area (Å²) in [7, 11) is 2.84. The van der Waals surface area contributed by atoms with Crippen molar-refractivity contribution in [3.05, 3.63) is 64.1 Å². The monoisotopic (exact) mass is 679 g/mol. The molecule has 236 valence electrons. The number of likely N-dealkylation sites (N-methyl/N-ethyl adjacent to an activating group) is 1. The van der Waals surface area contributed by atoms with Crippen LogP contribution in [0.5, 0.6) is 11.5 Å². The van der Waals surface area contributed by atoms with Gasteiger partial charge in [0.05, 0.1) is 24.9 Å². The predicted molar refractivity (Wildman–Crippen MR) is 162 cm³/mol. The molecule has 9 nitrogen and oxygen atoms in total. The van der Waals surface area contributed by atoms with Gasteiger partial charge in [0.1, 0.15) is 35.8 Å². The average Bonchev–Trinajstić information content (AvgIpc) is 3.06. The molecule has 0 saturated heterocycles. The average molecular weight is 681 g/mol. The van der Waals surface area contributed by atoms with Crippen LogP contribution in [-0.2, 0) is 27.0 Å². The number of nitrogens with one attached hydrogen (secondary N) is 1. The first-order valence-electron chi connectivity index (χ1n) is 13.7. The molecule has 0 saturated carbocycles. The first-order valence-corrected chi connectivity index (χ1v) is 14.5. The van der Waals surface area contributed by atoms with E-state index in [1.54, 1.807) is 32.9 Å². The molecular weight excluding hydrogens is 647 g/mol. The van der Waals surface area contributed by atoms with Gasteiger partial charge in [-0.1, -0.05) is 28.1 Å². The highest BCUT2D eigenvalue weighted by atomic mass is 79.9. The molecule has 0 aromatic heterocycles. The smallest absolute Gasteiger partial charge is 0.416 e. The molecule has 0 bridgehead atoms. The van der Waals surface area contributed by atoms with Crippen LogP contribution in [0.1, 0.15) is 38.8 Å². The van der Waals surface area contributed by atoms with Crippen LogP contribution < -0.4 is 19.7 Å². The number of carbonyl (C=O) groups is 3. The van der Waals surface area contributed by atoms with Crippen molar-refractivity contribution in [2.75, 3.05) is 25.7 Å². The van der Waals surface area contributed by atoms with Crippen molar-refractivity contribution >= 4 is 50.3 Å². The van der Waals surface area contributed by atoms with Crippen molar-refractivity contribution in [2.45, 2.75) is 58.1 Å². The summed E-state index contributed by atoms with van der Waals surface area (Å²) >= 11 is 3.44. The summed E-state index contributed by atoms with van der Waals surface area (Å²) in [6.07, 6.45) is -5.43. The van der Waals surface area contributed by atoms with Gasteiger partial charge in [-0.3, -0.25) is 14.5 Å². The zero-order valence-corrected chi connectivity index (χ0v) is 26.6. The molecule has 3 amide bonds. The maximum atomic E-state index is 14.1. The molecule has 2 atom stereocenters. The van der Waals surface area contributed by atoms with Crippen LogP contribution in [0.4, 0.5) is 23.7 Å². The Hall–Kier alpha value is -4.00. The fraction of sp³-hybridized carbons (Fsp3) is 0.387. The second kappa shape index (κ2) is 12.5. The van der Waals surface area contributed by atoms with Crippen molar-refractivity contribution in [1.82, 2.24) is 10.2 Å². The molecule has 0 radical (unpaired) electrons. The first-order chi connectivity index (χ1) is 20.5. The summed E-state index contributed by atoms with van der Waals surface area (Å²) in [6, 6.07) is 9.56. The van der Waals surface area contributed by atoms with Crippen molar-refractivity contribution in [1.29, 1.82) is 0 Å². The molecule has 1 aliphatic heterocycles. The molecule has 4 rings (SSSR count). The Labute approximate surface area is 261 Å². The lowest BCUT2D eigenvalue weighted by Crippen LogP contribution is -2.55. The molecule has 0 spiro atoms. The molecule has 44 heavy (non-hydrogen) atoms. The molecule has 3 aromatic rings. The minimum Gasteiger partial charge on any atom is -0.496 e. The highest BCUT2D eigenvalue weighted by molar-refractivity contribution is 9.10. The second-order valence-corrected chi connectivity index (χ2v) is 12.3. The third kappa shape index (κ3) is 7.20. The van der Waals surface area contributed by atoms with Crippen LogP contribution in [0.3, 0.4) is 0 Å². The quantitative estimate of drug-likeness (QED) is 0.329. The number of rotatable bonds is 6. The fourth-order valence-corrected chi connectivity index (χ4v) is 5.04. The molecule has 0 aliphatic carbocycles. The van der Waals surface area contributed by atoms with E-state index in [1.165, 1.54) is 21.1 Å². The summed E-state index contributed by atoms with van der Waals surface area (Å²) in [5.74, 6) is -0.946. The highest BCUT2D eigenvalue weighted by Gasteiger charge is 2.38. The number of nitrogens with zero attached hydrogens (tertiary/aromatic N) is 2. The van der Waals surface area contributed by atoms with E-state index < -0.39 is 47.3 Å². The molecule has 1 aliphatic rings. The standard InChI is InChI=1S/C31H33BrF3N3O6/c1-17(37(5)29(41)44-30(2,3)4)27(39)36-23-16-43-26-12-8-19(31(33,34)35)14-24(26)38(28(23)40)15-22-21-10-9-20(32)13-18(21)7-11-25(22)42-6/h7-14,17,23H,15-16H2,1-6H3,(H,36,39)/t17-,23-/m0/s1. The van der Waals surface area contributed by atoms with Gasteiger partial charge in [0.15, 0.2) is 0 Å². The fourth-order valence-electron chi connectivity index (χ4n) is 4.66. The summed E-state index contributed by atoms with van der Waals surface area (Å²) in [5, 5.41) is 4.13. The molecule has 1 heterocycles. The minimum absolute atomic E-state index is 0.0315.